The maximum atomic E-state index is 12.3. The van der Waals surface area contributed by atoms with Crippen LogP contribution in [-0.2, 0) is 9.47 Å². The van der Waals surface area contributed by atoms with E-state index in [2.05, 4.69) is 29.8 Å². The lowest BCUT2D eigenvalue weighted by atomic mass is 9.95. The van der Waals surface area contributed by atoms with Crippen LogP contribution in [0.15, 0.2) is 0 Å². The van der Waals surface area contributed by atoms with E-state index in [9.17, 15) is 4.79 Å². The molecule has 0 spiro atoms. The van der Waals surface area contributed by atoms with Crippen LogP contribution in [0.4, 0.5) is 4.79 Å². The number of amides is 1. The lowest BCUT2D eigenvalue weighted by Gasteiger charge is -2.42. The first kappa shape index (κ1) is 20.8. The molecular weight excluding hydrogens is 358 g/mol. The zero-order valence-electron chi connectivity index (χ0n) is 15.5. The fourth-order valence-corrected chi connectivity index (χ4v) is 3.41. The zero-order valence-corrected chi connectivity index (χ0v) is 17.1. The molecule has 1 rings (SSSR count). The van der Waals surface area contributed by atoms with Crippen LogP contribution in [0, 0.1) is 5.92 Å². The molecule has 1 saturated heterocycles. The molecule has 1 heterocycles. The van der Waals surface area contributed by atoms with Gasteiger partial charge in [-0.25, -0.2) is 4.79 Å². The Morgan fingerprint density at radius 2 is 2.00 bits per heavy atom. The third kappa shape index (κ3) is 7.88. The highest BCUT2D eigenvalue weighted by Gasteiger charge is 2.38. The summed E-state index contributed by atoms with van der Waals surface area (Å²) >= 11 is 3.59. The maximum absolute atomic E-state index is 12.3. The van der Waals surface area contributed by atoms with Crippen molar-refractivity contribution in [1.29, 1.82) is 0 Å². The van der Waals surface area contributed by atoms with E-state index in [1.807, 2.05) is 20.8 Å². The van der Waals surface area contributed by atoms with Crippen LogP contribution in [0.5, 0.6) is 0 Å². The number of hydrogen-bond acceptors (Lipinski definition) is 3. The third-order valence-electron chi connectivity index (χ3n) is 4.02. The average Bonchev–Trinajstić information content (AvgIpc) is 2.45. The van der Waals surface area contributed by atoms with Gasteiger partial charge in [0, 0.05) is 18.5 Å². The van der Waals surface area contributed by atoms with Gasteiger partial charge in [0.15, 0.2) is 0 Å². The molecule has 136 valence electrons. The van der Waals surface area contributed by atoms with E-state index in [1.54, 1.807) is 4.90 Å². The second-order valence-corrected chi connectivity index (χ2v) is 8.62. The van der Waals surface area contributed by atoms with Crippen LogP contribution in [-0.4, -0.2) is 47.2 Å². The minimum absolute atomic E-state index is 0.231. The Morgan fingerprint density at radius 1 is 1.30 bits per heavy atom. The van der Waals surface area contributed by atoms with Crippen molar-refractivity contribution in [2.24, 2.45) is 5.92 Å². The van der Waals surface area contributed by atoms with Crippen LogP contribution >= 0.6 is 15.9 Å². The smallest absolute Gasteiger partial charge is 0.410 e. The molecule has 1 atom stereocenters. The summed E-state index contributed by atoms with van der Waals surface area (Å²) in [7, 11) is 0. The first-order chi connectivity index (χ1) is 10.7. The van der Waals surface area contributed by atoms with Gasteiger partial charge in [-0.2, -0.15) is 0 Å². The molecular formula is C18H34BrNO3. The fraction of sp³-hybridized carbons (Fsp3) is 0.944. The summed E-state index contributed by atoms with van der Waals surface area (Å²) in [5.41, 5.74) is -0.726. The van der Waals surface area contributed by atoms with E-state index in [-0.39, 0.29) is 11.7 Å². The van der Waals surface area contributed by atoms with Gasteiger partial charge in [0.2, 0.25) is 0 Å². The first-order valence-electron chi connectivity index (χ1n) is 8.85. The average molecular weight is 392 g/mol. The Kier molecular flexibility index (Phi) is 8.36. The van der Waals surface area contributed by atoms with Crippen molar-refractivity contribution >= 4 is 22.0 Å². The number of alkyl halides is 1. The quantitative estimate of drug-likeness (QED) is 0.452. The van der Waals surface area contributed by atoms with Crippen molar-refractivity contribution in [3.63, 3.8) is 0 Å². The van der Waals surface area contributed by atoms with Crippen LogP contribution in [0.3, 0.4) is 0 Å². The molecule has 0 aliphatic carbocycles. The van der Waals surface area contributed by atoms with Crippen LogP contribution in [0.2, 0.25) is 0 Å². The highest BCUT2D eigenvalue weighted by molar-refractivity contribution is 9.09. The fourth-order valence-electron chi connectivity index (χ4n) is 2.79. The van der Waals surface area contributed by atoms with Gasteiger partial charge < -0.3 is 14.4 Å². The largest absolute Gasteiger partial charge is 0.444 e. The van der Waals surface area contributed by atoms with E-state index in [0.29, 0.717) is 6.54 Å². The normalized spacial score (nSPS) is 22.5. The number of rotatable bonds is 7. The topological polar surface area (TPSA) is 38.8 Å². The van der Waals surface area contributed by atoms with Gasteiger partial charge in [-0.05, 0) is 46.0 Å². The standard InChI is InChI=1S/C18H34BrNO3/c1-15(2)9-6-7-12-22-18(13-19)10-8-11-20(14-18)16(21)23-17(3,4)5/h15H,6-14H2,1-5H3. The van der Waals surface area contributed by atoms with Crippen molar-refractivity contribution in [1.82, 2.24) is 4.90 Å². The number of likely N-dealkylation sites (tertiary alicyclic amines) is 1. The molecule has 1 amide bonds. The predicted octanol–water partition coefficient (Wildman–Crippen LogP) is 4.99. The second-order valence-electron chi connectivity index (χ2n) is 8.06. The van der Waals surface area contributed by atoms with Crippen molar-refractivity contribution in [2.75, 3.05) is 25.0 Å². The number of unbranched alkanes of at least 4 members (excludes halogenated alkanes) is 1. The Balaban J connectivity index is 2.49. The Bertz CT molecular complexity index is 368. The van der Waals surface area contributed by atoms with Crippen LogP contribution in [0.1, 0.15) is 66.7 Å². The summed E-state index contributed by atoms with van der Waals surface area (Å²) in [6, 6.07) is 0. The van der Waals surface area contributed by atoms with Gasteiger partial charge in [-0.15, -0.1) is 0 Å². The minimum atomic E-state index is -0.455. The number of carbonyl (C=O) groups is 1. The van der Waals surface area contributed by atoms with Gasteiger partial charge >= 0.3 is 6.09 Å². The summed E-state index contributed by atoms with van der Waals surface area (Å²) in [5, 5.41) is 0.753. The van der Waals surface area contributed by atoms with E-state index in [0.717, 1.165) is 43.7 Å². The zero-order chi connectivity index (χ0) is 17.5. The SMILES string of the molecule is CC(C)CCCCOC1(CBr)CCCN(C(=O)OC(C)(C)C)C1. The highest BCUT2D eigenvalue weighted by Crippen LogP contribution is 2.29. The molecule has 0 aromatic rings. The summed E-state index contributed by atoms with van der Waals surface area (Å²) in [4.78, 5) is 14.1. The number of nitrogens with zero attached hydrogens (tertiary/aromatic N) is 1. The van der Waals surface area contributed by atoms with Crippen molar-refractivity contribution in [2.45, 2.75) is 77.9 Å². The number of hydrogen-bond donors (Lipinski definition) is 0. The van der Waals surface area contributed by atoms with E-state index < -0.39 is 5.60 Å². The summed E-state index contributed by atoms with van der Waals surface area (Å²) in [6.07, 6.45) is 5.24. The maximum Gasteiger partial charge on any atom is 0.410 e. The molecule has 5 heteroatoms. The van der Waals surface area contributed by atoms with Gasteiger partial charge in [0.05, 0.1) is 12.1 Å². The lowest BCUT2D eigenvalue weighted by molar-refractivity contribution is -0.0769. The Labute approximate surface area is 150 Å². The minimum Gasteiger partial charge on any atom is -0.444 e. The predicted molar refractivity (Wildman–Crippen MR) is 98.2 cm³/mol. The number of ether oxygens (including phenoxy) is 2. The molecule has 1 aliphatic rings. The Hall–Kier alpha value is -0.290. The molecule has 23 heavy (non-hydrogen) atoms. The van der Waals surface area contributed by atoms with Gasteiger partial charge in [0.25, 0.3) is 0 Å². The van der Waals surface area contributed by atoms with Gasteiger partial charge in [-0.1, -0.05) is 42.6 Å². The molecule has 0 aromatic heterocycles. The third-order valence-corrected chi connectivity index (χ3v) is 5.04. The summed E-state index contributed by atoms with van der Waals surface area (Å²) < 4.78 is 11.7. The van der Waals surface area contributed by atoms with Crippen LogP contribution < -0.4 is 0 Å². The van der Waals surface area contributed by atoms with E-state index in [4.69, 9.17) is 9.47 Å². The van der Waals surface area contributed by atoms with Gasteiger partial charge in [0.1, 0.15) is 5.60 Å². The lowest BCUT2D eigenvalue weighted by Crippen LogP contribution is -2.53. The highest BCUT2D eigenvalue weighted by atomic mass is 79.9. The molecule has 0 N–H and O–H groups in total. The molecule has 0 radical (unpaired) electrons. The van der Waals surface area contributed by atoms with Gasteiger partial charge in [-0.3, -0.25) is 0 Å². The number of halogens is 1. The molecule has 1 aliphatic heterocycles. The monoisotopic (exact) mass is 391 g/mol. The van der Waals surface area contributed by atoms with E-state index in [1.165, 1.54) is 12.8 Å². The van der Waals surface area contributed by atoms with E-state index >= 15 is 0 Å². The van der Waals surface area contributed by atoms with Crippen molar-refractivity contribution in [3.05, 3.63) is 0 Å². The summed E-state index contributed by atoms with van der Waals surface area (Å²) in [5.74, 6) is 0.748. The van der Waals surface area contributed by atoms with Crippen molar-refractivity contribution < 1.29 is 14.3 Å². The molecule has 0 aromatic carbocycles. The molecule has 4 nitrogen and oxygen atoms in total. The van der Waals surface area contributed by atoms with Crippen LogP contribution in [0.25, 0.3) is 0 Å². The molecule has 1 fully saturated rings. The number of carbonyl (C=O) groups excluding carboxylic acids is 1. The Morgan fingerprint density at radius 3 is 2.57 bits per heavy atom. The molecule has 1 unspecified atom stereocenters. The molecule has 0 saturated carbocycles. The summed E-state index contributed by atoms with van der Waals surface area (Å²) in [6.45, 7) is 12.3. The number of piperidine rings is 1. The second kappa shape index (κ2) is 9.26. The first-order valence-corrected chi connectivity index (χ1v) is 9.97. The van der Waals surface area contributed by atoms with Crippen molar-refractivity contribution in [3.8, 4) is 0 Å². The molecule has 0 bridgehead atoms.